The summed E-state index contributed by atoms with van der Waals surface area (Å²) in [7, 11) is 0. The van der Waals surface area contributed by atoms with E-state index in [2.05, 4.69) is 0 Å². The number of benzene rings is 1. The third-order valence-corrected chi connectivity index (χ3v) is 2.38. The highest BCUT2D eigenvalue weighted by Crippen LogP contribution is 2.26. The van der Waals surface area contributed by atoms with E-state index in [4.69, 9.17) is 22.4 Å². The minimum Gasteiger partial charge on any atom is -0.394 e. The van der Waals surface area contributed by atoms with E-state index in [9.17, 15) is 0 Å². The number of hydrogen-bond donors (Lipinski definition) is 2. The molecule has 0 spiro atoms. The summed E-state index contributed by atoms with van der Waals surface area (Å²) in [6.07, 6.45) is 0. The van der Waals surface area contributed by atoms with Crippen LogP contribution in [0.5, 0.6) is 0 Å². The molecule has 0 heterocycles. The summed E-state index contributed by atoms with van der Waals surface area (Å²) in [6.45, 7) is 3.60. The molecule has 1 unspecified atom stereocenters. The first-order valence-electron chi connectivity index (χ1n) is 4.14. The second-order valence-electron chi connectivity index (χ2n) is 3.56. The smallest absolute Gasteiger partial charge is 0.0650 e. The maximum atomic E-state index is 9.06. The zero-order valence-corrected chi connectivity index (χ0v) is 8.60. The van der Waals surface area contributed by atoms with Gasteiger partial charge in [-0.15, -0.1) is 0 Å². The van der Waals surface area contributed by atoms with Crippen LogP contribution in [0.3, 0.4) is 0 Å². The predicted octanol–water partition coefficient (Wildman–Crippen LogP) is 1.81. The van der Waals surface area contributed by atoms with Gasteiger partial charge in [-0.05, 0) is 31.0 Å². The Labute approximate surface area is 83.3 Å². The SMILES string of the molecule is Cc1ccc(C(C)(N)CO)c(Cl)c1. The van der Waals surface area contributed by atoms with E-state index in [1.807, 2.05) is 25.1 Å². The minimum atomic E-state index is -0.759. The zero-order chi connectivity index (χ0) is 10.1. The Morgan fingerprint density at radius 1 is 1.54 bits per heavy atom. The molecule has 0 radical (unpaired) electrons. The fourth-order valence-corrected chi connectivity index (χ4v) is 1.62. The van der Waals surface area contributed by atoms with Crippen molar-refractivity contribution in [2.45, 2.75) is 19.4 Å². The summed E-state index contributed by atoms with van der Waals surface area (Å²) in [6, 6.07) is 5.63. The van der Waals surface area contributed by atoms with Crippen molar-refractivity contribution in [3.8, 4) is 0 Å². The van der Waals surface area contributed by atoms with Gasteiger partial charge in [0.1, 0.15) is 0 Å². The van der Waals surface area contributed by atoms with E-state index >= 15 is 0 Å². The lowest BCUT2D eigenvalue weighted by atomic mass is 9.93. The molecule has 0 bridgehead atoms. The van der Waals surface area contributed by atoms with Gasteiger partial charge in [0.2, 0.25) is 0 Å². The Hall–Kier alpha value is -0.570. The van der Waals surface area contributed by atoms with Crippen LogP contribution in [0.25, 0.3) is 0 Å². The van der Waals surface area contributed by atoms with Gasteiger partial charge in [-0.3, -0.25) is 0 Å². The molecule has 0 aliphatic carbocycles. The number of aryl methyl sites for hydroxylation is 1. The van der Waals surface area contributed by atoms with Crippen molar-refractivity contribution >= 4 is 11.6 Å². The third kappa shape index (κ3) is 2.21. The number of aliphatic hydroxyl groups is 1. The first-order valence-corrected chi connectivity index (χ1v) is 4.51. The van der Waals surface area contributed by atoms with E-state index in [0.29, 0.717) is 5.02 Å². The topological polar surface area (TPSA) is 46.2 Å². The highest BCUT2D eigenvalue weighted by atomic mass is 35.5. The number of hydrogen-bond acceptors (Lipinski definition) is 2. The maximum absolute atomic E-state index is 9.06. The molecule has 72 valence electrons. The van der Waals surface area contributed by atoms with Crippen molar-refractivity contribution in [1.29, 1.82) is 0 Å². The van der Waals surface area contributed by atoms with Crippen LogP contribution in [0.15, 0.2) is 18.2 Å². The number of aliphatic hydroxyl groups excluding tert-OH is 1. The molecule has 2 nitrogen and oxygen atoms in total. The van der Waals surface area contributed by atoms with Gasteiger partial charge in [0.05, 0.1) is 12.1 Å². The average Bonchev–Trinajstić information content (AvgIpc) is 2.03. The standard InChI is InChI=1S/C10H14ClNO/c1-7-3-4-8(9(11)5-7)10(2,12)6-13/h3-5,13H,6,12H2,1-2H3. The van der Waals surface area contributed by atoms with Crippen molar-refractivity contribution < 1.29 is 5.11 Å². The highest BCUT2D eigenvalue weighted by Gasteiger charge is 2.22. The molecule has 0 amide bonds. The lowest BCUT2D eigenvalue weighted by molar-refractivity contribution is 0.210. The molecular weight excluding hydrogens is 186 g/mol. The van der Waals surface area contributed by atoms with Crippen LogP contribution in [-0.4, -0.2) is 11.7 Å². The van der Waals surface area contributed by atoms with Crippen LogP contribution >= 0.6 is 11.6 Å². The molecule has 3 N–H and O–H groups in total. The Morgan fingerprint density at radius 2 is 2.15 bits per heavy atom. The Bertz CT molecular complexity index is 310. The summed E-state index contributed by atoms with van der Waals surface area (Å²) in [4.78, 5) is 0. The highest BCUT2D eigenvalue weighted by molar-refractivity contribution is 6.31. The monoisotopic (exact) mass is 199 g/mol. The molecule has 0 saturated heterocycles. The van der Waals surface area contributed by atoms with E-state index in [1.54, 1.807) is 6.92 Å². The van der Waals surface area contributed by atoms with Gasteiger partial charge >= 0.3 is 0 Å². The molecule has 0 fully saturated rings. The van der Waals surface area contributed by atoms with Crippen LogP contribution in [0, 0.1) is 6.92 Å². The fraction of sp³-hybridized carbons (Fsp3) is 0.400. The lowest BCUT2D eigenvalue weighted by Crippen LogP contribution is -2.37. The van der Waals surface area contributed by atoms with Gasteiger partial charge < -0.3 is 10.8 Å². The quantitative estimate of drug-likeness (QED) is 0.763. The Morgan fingerprint density at radius 3 is 2.62 bits per heavy atom. The van der Waals surface area contributed by atoms with Crippen molar-refractivity contribution in [3.05, 3.63) is 34.3 Å². The third-order valence-electron chi connectivity index (χ3n) is 2.07. The van der Waals surface area contributed by atoms with Crippen molar-refractivity contribution in [1.82, 2.24) is 0 Å². The number of rotatable bonds is 2. The summed E-state index contributed by atoms with van der Waals surface area (Å²) >= 11 is 6.00. The first kappa shape index (κ1) is 10.5. The summed E-state index contributed by atoms with van der Waals surface area (Å²) in [5, 5.41) is 9.67. The van der Waals surface area contributed by atoms with Crippen molar-refractivity contribution in [2.75, 3.05) is 6.61 Å². The normalized spacial score (nSPS) is 15.5. The van der Waals surface area contributed by atoms with Gasteiger partial charge in [0, 0.05) is 5.02 Å². The van der Waals surface area contributed by atoms with Gasteiger partial charge in [0.15, 0.2) is 0 Å². The molecule has 0 saturated carbocycles. The van der Waals surface area contributed by atoms with Crippen LogP contribution in [-0.2, 0) is 5.54 Å². The van der Waals surface area contributed by atoms with E-state index < -0.39 is 5.54 Å². The first-order chi connectivity index (χ1) is 5.97. The van der Waals surface area contributed by atoms with E-state index in [0.717, 1.165) is 11.1 Å². The van der Waals surface area contributed by atoms with Crippen molar-refractivity contribution in [3.63, 3.8) is 0 Å². The number of nitrogens with two attached hydrogens (primary N) is 1. The molecule has 3 heteroatoms. The summed E-state index contributed by atoms with van der Waals surface area (Å²) in [5.74, 6) is 0. The van der Waals surface area contributed by atoms with Gasteiger partial charge in [-0.1, -0.05) is 23.7 Å². The molecule has 13 heavy (non-hydrogen) atoms. The molecule has 0 aliphatic rings. The van der Waals surface area contributed by atoms with Crippen molar-refractivity contribution in [2.24, 2.45) is 5.73 Å². The Kier molecular flexibility index (Phi) is 2.96. The van der Waals surface area contributed by atoms with Crippen LogP contribution in [0.4, 0.5) is 0 Å². The Balaban J connectivity index is 3.16. The predicted molar refractivity (Wildman–Crippen MR) is 54.8 cm³/mol. The molecule has 1 aromatic carbocycles. The van der Waals surface area contributed by atoms with Gasteiger partial charge in [-0.2, -0.15) is 0 Å². The second-order valence-corrected chi connectivity index (χ2v) is 3.97. The van der Waals surface area contributed by atoms with E-state index in [-0.39, 0.29) is 6.61 Å². The molecule has 1 atom stereocenters. The summed E-state index contributed by atoms with van der Waals surface area (Å²) < 4.78 is 0. The molecular formula is C10H14ClNO. The molecule has 0 aromatic heterocycles. The fourth-order valence-electron chi connectivity index (χ4n) is 1.17. The second kappa shape index (κ2) is 3.66. The molecule has 0 aliphatic heterocycles. The average molecular weight is 200 g/mol. The minimum absolute atomic E-state index is 0.115. The number of halogens is 1. The van der Waals surface area contributed by atoms with Gasteiger partial charge in [-0.25, -0.2) is 0 Å². The van der Waals surface area contributed by atoms with Crippen LogP contribution < -0.4 is 5.73 Å². The van der Waals surface area contributed by atoms with Crippen LogP contribution in [0.2, 0.25) is 5.02 Å². The zero-order valence-electron chi connectivity index (χ0n) is 7.84. The van der Waals surface area contributed by atoms with Crippen LogP contribution in [0.1, 0.15) is 18.1 Å². The summed E-state index contributed by atoms with van der Waals surface area (Å²) in [5.41, 5.74) is 6.96. The molecule has 1 rings (SSSR count). The lowest BCUT2D eigenvalue weighted by Gasteiger charge is -2.23. The maximum Gasteiger partial charge on any atom is 0.0650 e. The van der Waals surface area contributed by atoms with E-state index in [1.165, 1.54) is 0 Å². The largest absolute Gasteiger partial charge is 0.394 e. The molecule has 1 aromatic rings. The van der Waals surface area contributed by atoms with Gasteiger partial charge in [0.25, 0.3) is 0 Å².